The Balaban J connectivity index is 1.67. The van der Waals surface area contributed by atoms with Crippen LogP contribution in [0.2, 0.25) is 0 Å². The van der Waals surface area contributed by atoms with Crippen LogP contribution >= 0.6 is 0 Å². The summed E-state index contributed by atoms with van der Waals surface area (Å²) in [5.74, 6) is -1.16. The van der Waals surface area contributed by atoms with Gasteiger partial charge >= 0.3 is 0 Å². The largest absolute Gasteiger partial charge is 0.348 e. The van der Waals surface area contributed by atoms with Gasteiger partial charge in [0.1, 0.15) is 11.6 Å². The number of aryl methyl sites for hydroxylation is 1. The number of halogens is 2. The van der Waals surface area contributed by atoms with Gasteiger partial charge in [0.2, 0.25) is 0 Å². The Morgan fingerprint density at radius 3 is 2.67 bits per heavy atom. The van der Waals surface area contributed by atoms with E-state index in [2.05, 4.69) is 15.4 Å². The monoisotopic (exact) mass is 328 g/mol. The molecule has 0 spiro atoms. The van der Waals surface area contributed by atoms with Crippen molar-refractivity contribution in [1.82, 2.24) is 20.1 Å². The summed E-state index contributed by atoms with van der Waals surface area (Å²) in [7, 11) is 0. The third-order valence-electron chi connectivity index (χ3n) is 3.42. The third kappa shape index (κ3) is 3.45. The highest BCUT2D eigenvalue weighted by atomic mass is 19.1. The summed E-state index contributed by atoms with van der Waals surface area (Å²) in [5.41, 5.74) is 1.41. The Kier molecular flexibility index (Phi) is 4.33. The number of hydrogen-bond donors (Lipinski definition) is 1. The first-order valence-corrected chi connectivity index (χ1v) is 7.24. The molecule has 0 bridgehead atoms. The average Bonchev–Trinajstić information content (AvgIpc) is 3.00. The van der Waals surface area contributed by atoms with Crippen molar-refractivity contribution in [2.24, 2.45) is 0 Å². The minimum atomic E-state index is -0.696. The zero-order chi connectivity index (χ0) is 17.1. The van der Waals surface area contributed by atoms with Crippen LogP contribution in [0.4, 0.5) is 8.78 Å². The van der Waals surface area contributed by atoms with Gasteiger partial charge in [-0.15, -0.1) is 0 Å². The topological polar surface area (TPSA) is 59.8 Å². The first kappa shape index (κ1) is 15.8. The predicted octanol–water partition coefficient (Wildman–Crippen LogP) is 2.78. The molecule has 1 N–H and O–H groups in total. The van der Waals surface area contributed by atoms with Crippen molar-refractivity contribution >= 4 is 5.91 Å². The fraction of sp³-hybridized carbons (Fsp3) is 0.118. The van der Waals surface area contributed by atoms with E-state index in [1.165, 1.54) is 12.3 Å². The van der Waals surface area contributed by atoms with Gasteiger partial charge in [0.25, 0.3) is 5.91 Å². The highest BCUT2D eigenvalue weighted by Gasteiger charge is 2.09. The van der Waals surface area contributed by atoms with Gasteiger partial charge in [0.15, 0.2) is 5.82 Å². The Morgan fingerprint density at radius 1 is 1.21 bits per heavy atom. The summed E-state index contributed by atoms with van der Waals surface area (Å²) < 4.78 is 28.0. The van der Waals surface area contributed by atoms with Crippen LogP contribution in [0.15, 0.2) is 48.8 Å². The van der Waals surface area contributed by atoms with Crippen molar-refractivity contribution in [3.63, 3.8) is 0 Å². The van der Waals surface area contributed by atoms with Crippen LogP contribution in [0.25, 0.3) is 5.82 Å². The highest BCUT2D eigenvalue weighted by Crippen LogP contribution is 2.10. The summed E-state index contributed by atoms with van der Waals surface area (Å²) >= 11 is 0. The maximum absolute atomic E-state index is 13.5. The molecule has 3 rings (SSSR count). The van der Waals surface area contributed by atoms with Crippen LogP contribution in [-0.2, 0) is 6.54 Å². The van der Waals surface area contributed by atoms with Gasteiger partial charge < -0.3 is 5.32 Å². The highest BCUT2D eigenvalue weighted by molar-refractivity contribution is 5.93. The van der Waals surface area contributed by atoms with Crippen molar-refractivity contribution in [2.75, 3.05) is 0 Å². The number of benzene rings is 1. The Hall–Kier alpha value is -3.09. The smallest absolute Gasteiger partial charge is 0.253 e. The van der Waals surface area contributed by atoms with Gasteiger partial charge in [0, 0.05) is 30.6 Å². The lowest BCUT2D eigenvalue weighted by atomic mass is 10.2. The zero-order valence-corrected chi connectivity index (χ0v) is 12.8. The minimum Gasteiger partial charge on any atom is -0.348 e. The van der Waals surface area contributed by atoms with Crippen LogP contribution in [0.5, 0.6) is 0 Å². The second kappa shape index (κ2) is 6.57. The quantitative estimate of drug-likeness (QED) is 0.801. The molecule has 0 saturated heterocycles. The second-order valence-electron chi connectivity index (χ2n) is 5.23. The van der Waals surface area contributed by atoms with Crippen molar-refractivity contribution in [3.05, 3.63) is 77.2 Å². The van der Waals surface area contributed by atoms with Gasteiger partial charge in [-0.25, -0.2) is 18.4 Å². The van der Waals surface area contributed by atoms with E-state index in [1.54, 1.807) is 23.0 Å². The van der Waals surface area contributed by atoms with Gasteiger partial charge in [0.05, 0.1) is 11.3 Å². The fourth-order valence-electron chi connectivity index (χ4n) is 2.14. The zero-order valence-electron chi connectivity index (χ0n) is 12.8. The van der Waals surface area contributed by atoms with Gasteiger partial charge in [-0.3, -0.25) is 4.79 Å². The standard InChI is InChI=1S/C17H14F2N4O/c1-11-6-7-23(22-11)16-5-3-13(10-20-16)17(24)21-9-12-2-4-14(18)8-15(12)19/h2-8,10H,9H2,1H3,(H,21,24). The Bertz CT molecular complexity index is 875. The molecule has 2 aromatic heterocycles. The lowest BCUT2D eigenvalue weighted by molar-refractivity contribution is 0.0950. The number of carbonyl (C=O) groups is 1. The molecular weight excluding hydrogens is 314 g/mol. The number of amides is 1. The summed E-state index contributed by atoms with van der Waals surface area (Å²) in [5, 5.41) is 6.80. The molecule has 0 fully saturated rings. The molecule has 0 aliphatic heterocycles. The van der Waals surface area contributed by atoms with E-state index in [0.717, 1.165) is 17.8 Å². The molecule has 5 nitrogen and oxygen atoms in total. The van der Waals surface area contributed by atoms with Gasteiger partial charge in [-0.1, -0.05) is 6.07 Å². The van der Waals surface area contributed by atoms with Crippen molar-refractivity contribution in [3.8, 4) is 5.82 Å². The predicted molar refractivity (Wildman–Crippen MR) is 83.6 cm³/mol. The first-order valence-electron chi connectivity index (χ1n) is 7.24. The molecule has 1 aromatic carbocycles. The average molecular weight is 328 g/mol. The number of nitrogens with one attached hydrogen (secondary N) is 1. The van der Waals surface area contributed by atoms with E-state index in [9.17, 15) is 13.6 Å². The summed E-state index contributed by atoms with van der Waals surface area (Å²) in [6.45, 7) is 1.83. The second-order valence-corrected chi connectivity index (χ2v) is 5.23. The number of carbonyl (C=O) groups excluding carboxylic acids is 1. The summed E-state index contributed by atoms with van der Waals surface area (Å²) in [4.78, 5) is 16.3. The number of nitrogens with zero attached hydrogens (tertiary/aromatic N) is 3. The molecule has 122 valence electrons. The molecule has 0 aliphatic rings. The fourth-order valence-corrected chi connectivity index (χ4v) is 2.14. The minimum absolute atomic E-state index is 0.0367. The Labute approximate surface area is 137 Å². The Morgan fingerprint density at radius 2 is 2.04 bits per heavy atom. The van der Waals surface area contributed by atoms with E-state index in [4.69, 9.17) is 0 Å². The van der Waals surface area contributed by atoms with Crippen LogP contribution in [0, 0.1) is 18.6 Å². The number of aromatic nitrogens is 3. The van der Waals surface area contributed by atoms with E-state index in [-0.39, 0.29) is 12.1 Å². The first-order chi connectivity index (χ1) is 11.5. The number of pyridine rings is 1. The molecule has 7 heteroatoms. The molecule has 1 amide bonds. The molecule has 24 heavy (non-hydrogen) atoms. The maximum Gasteiger partial charge on any atom is 0.253 e. The third-order valence-corrected chi connectivity index (χ3v) is 3.42. The van der Waals surface area contributed by atoms with Crippen LogP contribution in [-0.4, -0.2) is 20.7 Å². The van der Waals surface area contributed by atoms with E-state index in [1.807, 2.05) is 13.0 Å². The molecule has 0 radical (unpaired) electrons. The molecule has 2 heterocycles. The van der Waals surface area contributed by atoms with Gasteiger partial charge in [-0.2, -0.15) is 5.10 Å². The normalized spacial score (nSPS) is 10.6. The van der Waals surface area contributed by atoms with Crippen LogP contribution < -0.4 is 5.32 Å². The molecular formula is C17H14F2N4O. The lowest BCUT2D eigenvalue weighted by Gasteiger charge is -2.07. The van der Waals surface area contributed by atoms with Crippen molar-refractivity contribution in [2.45, 2.75) is 13.5 Å². The van der Waals surface area contributed by atoms with Gasteiger partial charge in [-0.05, 0) is 31.2 Å². The molecule has 0 unspecified atom stereocenters. The summed E-state index contributed by atoms with van der Waals surface area (Å²) in [6.07, 6.45) is 3.19. The maximum atomic E-state index is 13.5. The molecule has 0 saturated carbocycles. The van der Waals surface area contributed by atoms with E-state index >= 15 is 0 Å². The van der Waals surface area contributed by atoms with Crippen molar-refractivity contribution in [1.29, 1.82) is 0 Å². The molecule has 3 aromatic rings. The molecule has 0 aliphatic carbocycles. The molecule has 0 atom stereocenters. The van der Waals surface area contributed by atoms with Crippen LogP contribution in [0.1, 0.15) is 21.6 Å². The lowest BCUT2D eigenvalue weighted by Crippen LogP contribution is -2.23. The van der Waals surface area contributed by atoms with E-state index < -0.39 is 17.5 Å². The number of rotatable bonds is 4. The van der Waals surface area contributed by atoms with E-state index in [0.29, 0.717) is 11.4 Å². The number of hydrogen-bond acceptors (Lipinski definition) is 3. The van der Waals surface area contributed by atoms with Crippen LogP contribution in [0.3, 0.4) is 0 Å². The summed E-state index contributed by atoms with van der Waals surface area (Å²) in [6, 6.07) is 8.35. The van der Waals surface area contributed by atoms with Crippen molar-refractivity contribution < 1.29 is 13.6 Å². The SMILES string of the molecule is Cc1ccn(-c2ccc(C(=O)NCc3ccc(F)cc3F)cn2)n1.